The minimum atomic E-state index is -0.757. The monoisotopic (exact) mass is 283 g/mol. The van der Waals surface area contributed by atoms with Gasteiger partial charge in [0.15, 0.2) is 6.29 Å². The molecule has 2 rings (SSSR count). The molecule has 0 spiro atoms. The first kappa shape index (κ1) is 14.3. The lowest BCUT2D eigenvalue weighted by Crippen LogP contribution is -2.46. The van der Waals surface area contributed by atoms with Crippen molar-refractivity contribution in [1.82, 2.24) is 0 Å². The quantitative estimate of drug-likeness (QED) is 0.860. The molecule has 1 fully saturated rings. The predicted octanol–water partition coefficient (Wildman–Crippen LogP) is 2.13. The van der Waals surface area contributed by atoms with Gasteiger partial charge in [-0.05, 0) is 18.2 Å². The predicted molar refractivity (Wildman–Crippen MR) is 75.1 cm³/mol. The lowest BCUT2D eigenvalue weighted by atomic mass is 9.93. The first-order valence-corrected chi connectivity index (χ1v) is 6.68. The summed E-state index contributed by atoms with van der Waals surface area (Å²) in [7, 11) is 1.86. The summed E-state index contributed by atoms with van der Waals surface area (Å²) in [6.45, 7) is 1.62. The highest BCUT2D eigenvalue weighted by Gasteiger charge is 2.31. The van der Waals surface area contributed by atoms with Gasteiger partial charge in [0.1, 0.15) is 0 Å². The fourth-order valence-corrected chi connectivity index (χ4v) is 2.58. The van der Waals surface area contributed by atoms with Crippen LogP contribution in [0.3, 0.4) is 0 Å². The van der Waals surface area contributed by atoms with E-state index in [0.717, 1.165) is 12.0 Å². The molecule has 1 N–H and O–H groups in total. The fourth-order valence-electron chi connectivity index (χ4n) is 2.40. The first-order valence-electron chi connectivity index (χ1n) is 6.30. The van der Waals surface area contributed by atoms with Crippen LogP contribution >= 0.6 is 11.6 Å². The number of hydrogen-bond donors (Lipinski definition) is 1. The second-order valence-electron chi connectivity index (χ2n) is 5.01. The van der Waals surface area contributed by atoms with Crippen molar-refractivity contribution in [2.45, 2.75) is 18.4 Å². The Balaban J connectivity index is 2.15. The molecule has 4 nitrogen and oxygen atoms in total. The fraction of sp³-hybridized carbons (Fsp3) is 0.500. The molecule has 0 bridgehead atoms. The normalized spacial score (nSPS) is 18.1. The molecular weight excluding hydrogens is 266 g/mol. The SMILES string of the molecule is CN(CC1(O)CCOCC1)c1ccc(Cl)cc1C=O. The summed E-state index contributed by atoms with van der Waals surface area (Å²) in [5, 5.41) is 11.0. The highest BCUT2D eigenvalue weighted by molar-refractivity contribution is 6.31. The van der Waals surface area contributed by atoms with E-state index in [-0.39, 0.29) is 0 Å². The van der Waals surface area contributed by atoms with Crippen molar-refractivity contribution in [2.24, 2.45) is 0 Å². The minimum absolute atomic E-state index is 0.471. The zero-order chi connectivity index (χ0) is 13.9. The van der Waals surface area contributed by atoms with Gasteiger partial charge in [-0.15, -0.1) is 0 Å². The largest absolute Gasteiger partial charge is 0.388 e. The van der Waals surface area contributed by atoms with E-state index in [9.17, 15) is 9.90 Å². The van der Waals surface area contributed by atoms with Gasteiger partial charge in [-0.25, -0.2) is 0 Å². The van der Waals surface area contributed by atoms with Gasteiger partial charge in [0.2, 0.25) is 0 Å². The molecule has 0 radical (unpaired) electrons. The van der Waals surface area contributed by atoms with Crippen molar-refractivity contribution >= 4 is 23.6 Å². The summed E-state index contributed by atoms with van der Waals surface area (Å²) in [6.07, 6.45) is 2.01. The summed E-state index contributed by atoms with van der Waals surface area (Å²) in [5.74, 6) is 0. The molecule has 1 aromatic rings. The van der Waals surface area contributed by atoms with Gasteiger partial charge in [0.25, 0.3) is 0 Å². The van der Waals surface area contributed by atoms with E-state index in [1.807, 2.05) is 11.9 Å². The maximum absolute atomic E-state index is 11.1. The Morgan fingerprint density at radius 2 is 2.16 bits per heavy atom. The van der Waals surface area contributed by atoms with E-state index >= 15 is 0 Å². The number of anilines is 1. The Hall–Kier alpha value is -1.10. The number of likely N-dealkylation sites (N-methyl/N-ethyl adjacent to an activating group) is 1. The summed E-state index contributed by atoms with van der Waals surface area (Å²) in [5.41, 5.74) is 0.553. The topological polar surface area (TPSA) is 49.8 Å². The average Bonchev–Trinajstić information content (AvgIpc) is 2.38. The standard InChI is InChI=1S/C14H18ClNO3/c1-16(10-14(18)4-6-19-7-5-14)13-3-2-12(15)8-11(13)9-17/h2-3,8-9,18H,4-7,10H2,1H3. The van der Waals surface area contributed by atoms with Crippen LogP contribution in [0.1, 0.15) is 23.2 Å². The van der Waals surface area contributed by atoms with Gasteiger partial charge in [0, 0.05) is 55.9 Å². The number of carbonyl (C=O) groups is 1. The number of benzene rings is 1. The number of rotatable bonds is 4. The molecule has 1 aliphatic rings. The summed E-state index contributed by atoms with van der Waals surface area (Å²) >= 11 is 5.88. The van der Waals surface area contributed by atoms with Crippen LogP contribution in [0.5, 0.6) is 0 Å². The maximum atomic E-state index is 11.1. The van der Waals surface area contributed by atoms with Gasteiger partial charge in [0.05, 0.1) is 5.60 Å². The molecule has 104 valence electrons. The molecule has 0 atom stereocenters. The number of ether oxygens (including phenoxy) is 1. The third-order valence-electron chi connectivity index (χ3n) is 3.48. The lowest BCUT2D eigenvalue weighted by molar-refractivity contribution is -0.0572. The third-order valence-corrected chi connectivity index (χ3v) is 3.72. The van der Waals surface area contributed by atoms with Gasteiger partial charge >= 0.3 is 0 Å². The van der Waals surface area contributed by atoms with Crippen LogP contribution in [0.4, 0.5) is 5.69 Å². The zero-order valence-electron chi connectivity index (χ0n) is 10.9. The molecule has 0 aromatic heterocycles. The van der Waals surface area contributed by atoms with E-state index in [2.05, 4.69) is 0 Å². The molecular formula is C14H18ClNO3. The van der Waals surface area contributed by atoms with Gasteiger partial charge in [-0.2, -0.15) is 0 Å². The van der Waals surface area contributed by atoms with Crippen molar-refractivity contribution < 1.29 is 14.6 Å². The molecule has 0 saturated carbocycles. The molecule has 0 amide bonds. The Morgan fingerprint density at radius 1 is 1.47 bits per heavy atom. The molecule has 0 unspecified atom stereocenters. The maximum Gasteiger partial charge on any atom is 0.152 e. The molecule has 1 heterocycles. The van der Waals surface area contributed by atoms with Gasteiger partial charge < -0.3 is 14.7 Å². The lowest BCUT2D eigenvalue weighted by Gasteiger charge is -2.36. The van der Waals surface area contributed by atoms with Crippen LogP contribution in [0.25, 0.3) is 0 Å². The summed E-state index contributed by atoms with van der Waals surface area (Å²) in [6, 6.07) is 5.18. The number of nitrogens with zero attached hydrogens (tertiary/aromatic N) is 1. The zero-order valence-corrected chi connectivity index (χ0v) is 11.7. The van der Waals surface area contributed by atoms with E-state index in [1.54, 1.807) is 18.2 Å². The van der Waals surface area contributed by atoms with Crippen LogP contribution in [-0.4, -0.2) is 43.8 Å². The van der Waals surface area contributed by atoms with Gasteiger partial charge in [-0.1, -0.05) is 11.6 Å². The van der Waals surface area contributed by atoms with Crippen molar-refractivity contribution in [3.8, 4) is 0 Å². The Bertz CT molecular complexity index is 458. The van der Waals surface area contributed by atoms with Gasteiger partial charge in [-0.3, -0.25) is 4.79 Å². The highest BCUT2D eigenvalue weighted by Crippen LogP contribution is 2.27. The van der Waals surface area contributed by atoms with Crippen LogP contribution in [0.2, 0.25) is 5.02 Å². The number of carbonyl (C=O) groups excluding carboxylic acids is 1. The Morgan fingerprint density at radius 3 is 2.79 bits per heavy atom. The molecule has 1 saturated heterocycles. The smallest absolute Gasteiger partial charge is 0.152 e. The van der Waals surface area contributed by atoms with Crippen molar-refractivity contribution in [3.63, 3.8) is 0 Å². The van der Waals surface area contributed by atoms with Crippen molar-refractivity contribution in [1.29, 1.82) is 0 Å². The molecule has 5 heteroatoms. The number of aldehydes is 1. The number of aliphatic hydroxyl groups is 1. The third kappa shape index (κ3) is 3.47. The second kappa shape index (κ2) is 5.90. The van der Waals surface area contributed by atoms with E-state index in [1.165, 1.54) is 0 Å². The van der Waals surface area contributed by atoms with Crippen LogP contribution in [0, 0.1) is 0 Å². The minimum Gasteiger partial charge on any atom is -0.388 e. The van der Waals surface area contributed by atoms with Crippen LogP contribution < -0.4 is 4.90 Å². The number of halogens is 1. The van der Waals surface area contributed by atoms with Crippen LogP contribution in [0.15, 0.2) is 18.2 Å². The summed E-state index contributed by atoms with van der Waals surface area (Å²) < 4.78 is 5.26. The molecule has 1 aromatic carbocycles. The van der Waals surface area contributed by atoms with E-state index < -0.39 is 5.60 Å². The average molecular weight is 284 g/mol. The highest BCUT2D eigenvalue weighted by atomic mass is 35.5. The van der Waals surface area contributed by atoms with E-state index in [4.69, 9.17) is 16.3 Å². The Labute approximate surface area is 117 Å². The molecule has 0 aliphatic carbocycles. The van der Waals surface area contributed by atoms with Crippen LogP contribution in [-0.2, 0) is 4.74 Å². The van der Waals surface area contributed by atoms with Crippen molar-refractivity contribution in [3.05, 3.63) is 28.8 Å². The summed E-state index contributed by atoms with van der Waals surface area (Å²) in [4.78, 5) is 13.0. The second-order valence-corrected chi connectivity index (χ2v) is 5.45. The molecule has 19 heavy (non-hydrogen) atoms. The Kier molecular flexibility index (Phi) is 4.45. The van der Waals surface area contributed by atoms with Crippen molar-refractivity contribution in [2.75, 3.05) is 31.7 Å². The van der Waals surface area contributed by atoms with E-state index in [0.29, 0.717) is 43.2 Å². The first-order chi connectivity index (χ1) is 9.04. The number of hydrogen-bond acceptors (Lipinski definition) is 4. The molecule has 1 aliphatic heterocycles.